The molecule has 24 heavy (non-hydrogen) atoms. The lowest BCUT2D eigenvalue weighted by Gasteiger charge is -2.25. The summed E-state index contributed by atoms with van der Waals surface area (Å²) in [5, 5.41) is 0. The van der Waals surface area contributed by atoms with Crippen LogP contribution in [0.2, 0.25) is 0 Å². The SMILES string of the molecule is COc1cccc(C(CNS(=O)(=O)c2cccc(C)c2)N(C)C)c1. The molecule has 0 radical (unpaired) electrons. The lowest BCUT2D eigenvalue weighted by molar-refractivity contribution is 0.298. The molecule has 2 aromatic carbocycles. The van der Waals surface area contributed by atoms with Crippen LogP contribution in [-0.2, 0) is 10.0 Å². The minimum Gasteiger partial charge on any atom is -0.497 e. The van der Waals surface area contributed by atoms with Gasteiger partial charge in [-0.15, -0.1) is 0 Å². The second kappa shape index (κ2) is 7.79. The molecule has 1 unspecified atom stereocenters. The zero-order chi connectivity index (χ0) is 17.7. The molecule has 6 heteroatoms. The summed E-state index contributed by atoms with van der Waals surface area (Å²) in [5.74, 6) is 0.751. The molecule has 1 atom stereocenters. The van der Waals surface area contributed by atoms with Crippen molar-refractivity contribution in [3.05, 3.63) is 59.7 Å². The molecule has 0 saturated heterocycles. The molecule has 0 heterocycles. The highest BCUT2D eigenvalue weighted by atomic mass is 32.2. The van der Waals surface area contributed by atoms with Gasteiger partial charge in [0.05, 0.1) is 12.0 Å². The molecule has 5 nitrogen and oxygen atoms in total. The highest BCUT2D eigenvalue weighted by molar-refractivity contribution is 7.89. The van der Waals surface area contributed by atoms with Gasteiger partial charge in [-0.3, -0.25) is 0 Å². The summed E-state index contributed by atoms with van der Waals surface area (Å²) in [5.41, 5.74) is 1.90. The molecule has 0 saturated carbocycles. The van der Waals surface area contributed by atoms with Gasteiger partial charge in [0.1, 0.15) is 5.75 Å². The maximum atomic E-state index is 12.5. The number of methoxy groups -OCH3 is 1. The van der Waals surface area contributed by atoms with Crippen LogP contribution in [0, 0.1) is 6.92 Å². The van der Waals surface area contributed by atoms with E-state index >= 15 is 0 Å². The average molecular weight is 348 g/mol. The van der Waals surface area contributed by atoms with Crippen molar-refractivity contribution in [3.8, 4) is 5.75 Å². The molecule has 0 aromatic heterocycles. The Kier molecular flexibility index (Phi) is 5.99. The second-order valence-electron chi connectivity index (χ2n) is 5.92. The lowest BCUT2D eigenvalue weighted by atomic mass is 10.1. The normalized spacial score (nSPS) is 13.0. The van der Waals surface area contributed by atoms with Crippen LogP contribution in [0.15, 0.2) is 53.4 Å². The first-order valence-corrected chi connectivity index (χ1v) is 9.18. The number of likely N-dealkylation sites (N-methyl/N-ethyl adjacent to an activating group) is 1. The van der Waals surface area contributed by atoms with E-state index in [1.165, 1.54) is 0 Å². The van der Waals surface area contributed by atoms with Crippen LogP contribution < -0.4 is 9.46 Å². The van der Waals surface area contributed by atoms with Crippen LogP contribution in [0.1, 0.15) is 17.2 Å². The highest BCUT2D eigenvalue weighted by Gasteiger charge is 2.20. The first-order chi connectivity index (χ1) is 11.3. The van der Waals surface area contributed by atoms with E-state index in [4.69, 9.17) is 4.74 Å². The van der Waals surface area contributed by atoms with Crippen molar-refractivity contribution in [2.75, 3.05) is 27.7 Å². The van der Waals surface area contributed by atoms with Crippen molar-refractivity contribution in [2.45, 2.75) is 17.9 Å². The number of nitrogens with one attached hydrogen (secondary N) is 1. The molecule has 0 bridgehead atoms. The molecule has 2 aromatic rings. The van der Waals surface area contributed by atoms with Gasteiger partial charge in [-0.05, 0) is 56.4 Å². The minimum atomic E-state index is -3.54. The Morgan fingerprint density at radius 2 is 1.83 bits per heavy atom. The molecule has 0 fully saturated rings. The van der Waals surface area contributed by atoms with E-state index in [0.717, 1.165) is 16.9 Å². The number of hydrogen-bond donors (Lipinski definition) is 1. The van der Waals surface area contributed by atoms with Crippen LogP contribution in [0.25, 0.3) is 0 Å². The fourth-order valence-corrected chi connectivity index (χ4v) is 3.64. The summed E-state index contributed by atoms with van der Waals surface area (Å²) in [4.78, 5) is 2.26. The Balaban J connectivity index is 2.19. The molecule has 130 valence electrons. The number of sulfonamides is 1. The quantitative estimate of drug-likeness (QED) is 0.835. The van der Waals surface area contributed by atoms with E-state index in [1.807, 2.05) is 56.3 Å². The topological polar surface area (TPSA) is 58.6 Å². The largest absolute Gasteiger partial charge is 0.497 e. The van der Waals surface area contributed by atoms with Gasteiger partial charge in [-0.1, -0.05) is 24.3 Å². The number of hydrogen-bond acceptors (Lipinski definition) is 4. The maximum Gasteiger partial charge on any atom is 0.240 e. The number of ether oxygens (including phenoxy) is 1. The van der Waals surface area contributed by atoms with E-state index in [9.17, 15) is 8.42 Å². The zero-order valence-corrected chi connectivity index (χ0v) is 15.3. The zero-order valence-electron chi connectivity index (χ0n) is 14.5. The van der Waals surface area contributed by atoms with Gasteiger partial charge < -0.3 is 9.64 Å². The molecule has 1 N–H and O–H groups in total. The van der Waals surface area contributed by atoms with Crippen molar-refractivity contribution in [3.63, 3.8) is 0 Å². The van der Waals surface area contributed by atoms with Crippen LogP contribution in [0.3, 0.4) is 0 Å². The molecule has 0 amide bonds. The molecule has 0 aliphatic heterocycles. The number of nitrogens with zero attached hydrogens (tertiary/aromatic N) is 1. The third kappa shape index (κ3) is 4.56. The van der Waals surface area contributed by atoms with Crippen molar-refractivity contribution in [2.24, 2.45) is 0 Å². The van der Waals surface area contributed by atoms with E-state index in [-0.39, 0.29) is 17.5 Å². The number of rotatable bonds is 7. The Bertz CT molecular complexity index is 788. The molecule has 2 rings (SSSR count). The Hall–Kier alpha value is -1.89. The Morgan fingerprint density at radius 3 is 2.46 bits per heavy atom. The van der Waals surface area contributed by atoms with Gasteiger partial charge in [0, 0.05) is 12.6 Å². The molecule has 0 aliphatic carbocycles. The van der Waals surface area contributed by atoms with Gasteiger partial charge in [0.2, 0.25) is 10.0 Å². The first-order valence-electron chi connectivity index (χ1n) is 7.70. The summed E-state index contributed by atoms with van der Waals surface area (Å²) in [7, 11) is 1.92. The maximum absolute atomic E-state index is 12.5. The highest BCUT2D eigenvalue weighted by Crippen LogP contribution is 2.22. The minimum absolute atomic E-state index is 0.0975. The van der Waals surface area contributed by atoms with Crippen LogP contribution in [0.4, 0.5) is 0 Å². The molecular weight excluding hydrogens is 324 g/mol. The van der Waals surface area contributed by atoms with Gasteiger partial charge in [0.25, 0.3) is 0 Å². The summed E-state index contributed by atoms with van der Waals surface area (Å²) >= 11 is 0. The van der Waals surface area contributed by atoms with Crippen LogP contribution >= 0.6 is 0 Å². The van der Waals surface area contributed by atoms with E-state index < -0.39 is 10.0 Å². The fraction of sp³-hybridized carbons (Fsp3) is 0.333. The summed E-state index contributed by atoms with van der Waals surface area (Å²) in [6, 6.07) is 14.4. The summed E-state index contributed by atoms with van der Waals surface area (Å²) in [6.45, 7) is 2.15. The van der Waals surface area contributed by atoms with E-state index in [0.29, 0.717) is 0 Å². The fourth-order valence-electron chi connectivity index (χ4n) is 2.50. The standard InChI is InChI=1S/C18H24N2O3S/c1-14-7-5-10-17(11-14)24(21,22)19-13-18(20(2)3)15-8-6-9-16(12-15)23-4/h5-12,18-19H,13H2,1-4H3. The van der Waals surface area contributed by atoms with Gasteiger partial charge in [0.15, 0.2) is 0 Å². The number of benzene rings is 2. The average Bonchev–Trinajstić information content (AvgIpc) is 2.55. The Morgan fingerprint density at radius 1 is 1.12 bits per heavy atom. The van der Waals surface area contributed by atoms with Crippen LogP contribution in [0.5, 0.6) is 5.75 Å². The Labute approximate surface area is 144 Å². The van der Waals surface area contributed by atoms with Gasteiger partial charge in [-0.25, -0.2) is 13.1 Å². The third-order valence-corrected chi connectivity index (χ3v) is 5.29. The first kappa shape index (κ1) is 18.4. The number of aryl methyl sites for hydroxylation is 1. The van der Waals surface area contributed by atoms with Gasteiger partial charge in [-0.2, -0.15) is 0 Å². The van der Waals surface area contributed by atoms with Crippen molar-refractivity contribution in [1.82, 2.24) is 9.62 Å². The monoisotopic (exact) mass is 348 g/mol. The summed E-state index contributed by atoms with van der Waals surface area (Å²) in [6.07, 6.45) is 0. The van der Waals surface area contributed by atoms with Crippen molar-refractivity contribution < 1.29 is 13.2 Å². The smallest absolute Gasteiger partial charge is 0.240 e. The molecule has 0 spiro atoms. The van der Waals surface area contributed by atoms with Crippen LogP contribution in [-0.4, -0.2) is 41.1 Å². The lowest BCUT2D eigenvalue weighted by Crippen LogP contribution is -2.34. The van der Waals surface area contributed by atoms with Gasteiger partial charge >= 0.3 is 0 Å². The predicted molar refractivity (Wildman–Crippen MR) is 95.8 cm³/mol. The van der Waals surface area contributed by atoms with Crippen molar-refractivity contribution >= 4 is 10.0 Å². The second-order valence-corrected chi connectivity index (χ2v) is 7.69. The molecular formula is C18H24N2O3S. The van der Waals surface area contributed by atoms with Crippen molar-refractivity contribution in [1.29, 1.82) is 0 Å². The van der Waals surface area contributed by atoms with E-state index in [1.54, 1.807) is 25.3 Å². The summed E-state index contributed by atoms with van der Waals surface area (Å²) < 4.78 is 33.0. The predicted octanol–water partition coefficient (Wildman–Crippen LogP) is 2.58. The van der Waals surface area contributed by atoms with E-state index in [2.05, 4.69) is 4.72 Å². The molecule has 0 aliphatic rings. The third-order valence-electron chi connectivity index (χ3n) is 3.87.